The van der Waals surface area contributed by atoms with Crippen molar-refractivity contribution in [2.75, 3.05) is 20.1 Å². The number of carbonyl (C=O) groups excluding carboxylic acids is 1. The SMILES string of the molecule is CN1CC[CH-]CC1.[CH-]1CCCCC1.[CH2-]C([NH-])=O.[W+2].[Y]. The zero-order valence-electron chi connectivity index (χ0n) is 12.1. The van der Waals surface area contributed by atoms with Crippen molar-refractivity contribution in [3.63, 3.8) is 0 Å². The van der Waals surface area contributed by atoms with Gasteiger partial charge in [0.2, 0.25) is 0 Å². The molecule has 1 aliphatic heterocycles. The molecular formula is C14H26N2OWY-2. The molecule has 0 aromatic rings. The number of rotatable bonds is 0. The fraction of sp³-hybridized carbons (Fsp3) is 0.714. The average molecular weight is 511 g/mol. The smallest absolute Gasteiger partial charge is 0.695 e. The Bertz CT molecular complexity index is 169. The van der Waals surface area contributed by atoms with Crippen LogP contribution in [0.4, 0.5) is 0 Å². The summed E-state index contributed by atoms with van der Waals surface area (Å²) < 4.78 is 0. The molecule has 1 heterocycles. The molecule has 2 rings (SSSR count). The van der Waals surface area contributed by atoms with E-state index in [1.54, 1.807) is 0 Å². The molecule has 1 radical (unpaired) electrons. The van der Waals surface area contributed by atoms with Crippen LogP contribution in [-0.2, 0) is 58.6 Å². The third kappa shape index (κ3) is 24.5. The van der Waals surface area contributed by atoms with E-state index in [9.17, 15) is 0 Å². The Labute approximate surface area is 159 Å². The number of hydrogen-bond acceptors (Lipinski definition) is 2. The van der Waals surface area contributed by atoms with Crippen LogP contribution in [0.25, 0.3) is 5.73 Å². The van der Waals surface area contributed by atoms with Gasteiger partial charge < -0.3 is 35.2 Å². The molecule has 1 amide bonds. The largest absolute Gasteiger partial charge is 2.00 e. The molecule has 2 aliphatic rings. The van der Waals surface area contributed by atoms with E-state index in [1.165, 1.54) is 58.0 Å². The van der Waals surface area contributed by atoms with E-state index in [2.05, 4.69) is 31.7 Å². The first kappa shape index (κ1) is 25.1. The van der Waals surface area contributed by atoms with E-state index in [-0.39, 0.29) is 53.8 Å². The van der Waals surface area contributed by atoms with Gasteiger partial charge in [-0.1, -0.05) is 25.2 Å². The summed E-state index contributed by atoms with van der Waals surface area (Å²) in [7, 11) is 2.17. The van der Waals surface area contributed by atoms with Gasteiger partial charge in [-0.05, 0) is 20.1 Å². The number of nitrogens with one attached hydrogen (secondary N) is 1. The van der Waals surface area contributed by atoms with Crippen molar-refractivity contribution >= 4 is 5.91 Å². The van der Waals surface area contributed by atoms with Gasteiger partial charge in [0, 0.05) is 32.7 Å². The quantitative estimate of drug-likeness (QED) is 0.468. The molecule has 5 heteroatoms. The molecule has 0 bridgehead atoms. The van der Waals surface area contributed by atoms with Crippen molar-refractivity contribution in [2.24, 2.45) is 0 Å². The minimum Gasteiger partial charge on any atom is -0.695 e. The van der Waals surface area contributed by atoms with Gasteiger partial charge >= 0.3 is 21.1 Å². The zero-order chi connectivity index (χ0) is 12.9. The Kier molecular flexibility index (Phi) is 25.2. The molecule has 0 aromatic carbocycles. The minimum atomic E-state index is -0.833. The van der Waals surface area contributed by atoms with Gasteiger partial charge in [-0.3, -0.25) is 0 Å². The molecule has 1 saturated carbocycles. The van der Waals surface area contributed by atoms with Crippen LogP contribution in [0.5, 0.6) is 0 Å². The Morgan fingerprint density at radius 2 is 1.42 bits per heavy atom. The second-order valence-electron chi connectivity index (χ2n) is 4.52. The second-order valence-corrected chi connectivity index (χ2v) is 4.52. The van der Waals surface area contributed by atoms with Gasteiger partial charge in [-0.25, -0.2) is 0 Å². The van der Waals surface area contributed by atoms with Crippen LogP contribution >= 0.6 is 0 Å². The summed E-state index contributed by atoms with van der Waals surface area (Å²) in [6.07, 6.45) is 14.4. The normalized spacial score (nSPS) is 18.2. The predicted molar refractivity (Wildman–Crippen MR) is 73.1 cm³/mol. The van der Waals surface area contributed by atoms with Crippen LogP contribution in [-0.4, -0.2) is 30.9 Å². The molecule has 2 fully saturated rings. The van der Waals surface area contributed by atoms with Gasteiger partial charge in [-0.15, -0.1) is 0 Å². The summed E-state index contributed by atoms with van der Waals surface area (Å²) in [6, 6.07) is 0. The molecule has 0 atom stereocenters. The first-order chi connectivity index (χ1) is 8.13. The van der Waals surface area contributed by atoms with Gasteiger partial charge in [0.1, 0.15) is 0 Å². The molecule has 109 valence electrons. The summed E-state index contributed by atoms with van der Waals surface area (Å²) >= 11 is 0. The average Bonchev–Trinajstić information content (AvgIpc) is 2.32. The molecule has 19 heavy (non-hydrogen) atoms. The van der Waals surface area contributed by atoms with Crippen molar-refractivity contribution in [3.05, 3.63) is 25.5 Å². The Morgan fingerprint density at radius 3 is 1.58 bits per heavy atom. The van der Waals surface area contributed by atoms with Gasteiger partial charge in [0.25, 0.3) is 0 Å². The Balaban J connectivity index is -0.000000199. The van der Waals surface area contributed by atoms with Crippen LogP contribution < -0.4 is 0 Å². The van der Waals surface area contributed by atoms with Crippen LogP contribution in [0.3, 0.4) is 0 Å². The van der Waals surface area contributed by atoms with E-state index >= 15 is 0 Å². The summed E-state index contributed by atoms with van der Waals surface area (Å²) in [6.45, 7) is 5.19. The molecule has 1 aliphatic carbocycles. The van der Waals surface area contributed by atoms with Crippen LogP contribution in [0.1, 0.15) is 44.9 Å². The molecular weight excluding hydrogens is 485 g/mol. The summed E-state index contributed by atoms with van der Waals surface area (Å²) in [5.41, 5.74) is 5.83. The molecule has 0 aromatic heterocycles. The number of carbonyl (C=O) groups is 1. The van der Waals surface area contributed by atoms with Crippen LogP contribution in [0, 0.1) is 19.8 Å². The van der Waals surface area contributed by atoms with E-state index in [0.29, 0.717) is 0 Å². The summed E-state index contributed by atoms with van der Waals surface area (Å²) in [4.78, 5) is 11.4. The number of nitrogens with zero attached hydrogens (tertiary/aromatic N) is 1. The van der Waals surface area contributed by atoms with Crippen molar-refractivity contribution in [1.29, 1.82) is 0 Å². The van der Waals surface area contributed by atoms with Gasteiger partial charge in [-0.2, -0.15) is 25.7 Å². The van der Waals surface area contributed by atoms with E-state index in [0.717, 1.165) is 0 Å². The van der Waals surface area contributed by atoms with Crippen molar-refractivity contribution in [1.82, 2.24) is 4.90 Å². The summed E-state index contributed by atoms with van der Waals surface area (Å²) in [5, 5.41) is 0. The third-order valence-electron chi connectivity index (χ3n) is 2.75. The molecule has 0 unspecified atom stereocenters. The van der Waals surface area contributed by atoms with E-state index in [1.807, 2.05) is 0 Å². The second kappa shape index (κ2) is 19.1. The number of hydrogen-bond donors (Lipinski definition) is 0. The van der Waals surface area contributed by atoms with Crippen LogP contribution in [0.15, 0.2) is 0 Å². The van der Waals surface area contributed by atoms with E-state index < -0.39 is 5.91 Å². The first-order valence-corrected chi connectivity index (χ1v) is 6.52. The van der Waals surface area contributed by atoms with Crippen molar-refractivity contribution in [2.45, 2.75) is 44.9 Å². The molecule has 1 saturated heterocycles. The molecule has 1 N–H and O–H groups in total. The monoisotopic (exact) mass is 511 g/mol. The number of amides is 1. The van der Waals surface area contributed by atoms with Gasteiger partial charge in [0.15, 0.2) is 0 Å². The Morgan fingerprint density at radius 1 is 1.05 bits per heavy atom. The predicted octanol–water partition coefficient (Wildman–Crippen LogP) is 3.47. The molecule has 3 nitrogen and oxygen atoms in total. The maximum atomic E-state index is 9.00. The topological polar surface area (TPSA) is 44.1 Å². The van der Waals surface area contributed by atoms with Crippen molar-refractivity contribution < 1.29 is 58.6 Å². The van der Waals surface area contributed by atoms with Gasteiger partial charge in [0.05, 0.1) is 0 Å². The molecule has 0 spiro atoms. The fourth-order valence-corrected chi connectivity index (χ4v) is 1.78. The van der Waals surface area contributed by atoms with Crippen LogP contribution in [0.2, 0.25) is 0 Å². The summed E-state index contributed by atoms with van der Waals surface area (Å²) in [5.74, 6) is -0.833. The standard InChI is InChI=1S/C6H12N.C6H11.C2H4NO.W.Y/c1-7-5-3-2-4-6-7;1-2-4-6-5-3-1;1-2(3)4;;/h2H,3-6H2,1H3;1H,2-6H2;1H2,(H2,3,4);;/q3*-1;+2;/p-1. The van der Waals surface area contributed by atoms with E-state index in [4.69, 9.17) is 10.5 Å². The number of piperidine rings is 1. The minimum absolute atomic E-state index is 0. The van der Waals surface area contributed by atoms with Crippen molar-refractivity contribution in [3.8, 4) is 0 Å². The maximum Gasteiger partial charge on any atom is 2.00 e. The number of likely N-dealkylation sites (tertiary alicyclic amines) is 1. The third-order valence-corrected chi connectivity index (χ3v) is 2.75. The first-order valence-electron chi connectivity index (χ1n) is 6.52. The fourth-order valence-electron chi connectivity index (χ4n) is 1.78. The zero-order valence-corrected chi connectivity index (χ0v) is 17.8. The maximum absolute atomic E-state index is 9.00. The Hall–Kier alpha value is 1.09.